The van der Waals surface area contributed by atoms with Crippen molar-refractivity contribution in [2.45, 2.75) is 0 Å². The second-order valence-corrected chi connectivity index (χ2v) is 8.56. The minimum atomic E-state index is 1.31. The van der Waals surface area contributed by atoms with Gasteiger partial charge in [-0.25, -0.2) is 0 Å². The van der Waals surface area contributed by atoms with Gasteiger partial charge in [0.05, 0.1) is 0 Å². The molecule has 0 N–H and O–H groups in total. The van der Waals surface area contributed by atoms with Crippen molar-refractivity contribution in [3.05, 3.63) is 97.1 Å². The highest BCUT2D eigenvalue weighted by Gasteiger charge is 2.29. The third kappa shape index (κ3) is 1.66. The van der Waals surface area contributed by atoms with Gasteiger partial charge in [-0.05, 0) is 101 Å². The summed E-state index contributed by atoms with van der Waals surface area (Å²) in [4.78, 5) is 0. The van der Waals surface area contributed by atoms with Crippen molar-refractivity contribution in [3.8, 4) is 44.5 Å². The molecule has 0 heteroatoms. The summed E-state index contributed by atoms with van der Waals surface area (Å²) in [7, 11) is 0. The molecule has 0 nitrogen and oxygen atoms in total. The smallest absolute Gasteiger partial charge is 0.00139 e. The number of fused-ring (bicyclic) bond motifs is 8. The van der Waals surface area contributed by atoms with Crippen LogP contribution in [0.1, 0.15) is 0 Å². The third-order valence-electron chi connectivity index (χ3n) is 7.09. The molecule has 0 saturated heterocycles. The first kappa shape index (κ1) is 15.0. The van der Waals surface area contributed by atoms with Gasteiger partial charge in [-0.2, -0.15) is 0 Å². The highest BCUT2D eigenvalue weighted by molar-refractivity contribution is 6.27. The summed E-state index contributed by atoms with van der Waals surface area (Å²) < 4.78 is 0. The maximum atomic E-state index is 2.37. The van der Waals surface area contributed by atoms with Gasteiger partial charge in [0.25, 0.3) is 0 Å². The Balaban J connectivity index is 1.52. The number of benzene rings is 6. The lowest BCUT2D eigenvalue weighted by Gasteiger charge is -2.07. The van der Waals surface area contributed by atoms with Crippen molar-refractivity contribution < 1.29 is 0 Å². The predicted octanol–water partition coefficient (Wildman–Crippen LogP) is 8.44. The minimum Gasteiger partial charge on any atom is -0.0616 e. The quantitative estimate of drug-likeness (QED) is 0.249. The van der Waals surface area contributed by atoms with Crippen LogP contribution in [0.3, 0.4) is 0 Å². The molecule has 0 heterocycles. The van der Waals surface area contributed by atoms with Crippen molar-refractivity contribution in [1.29, 1.82) is 0 Å². The molecule has 2 aliphatic rings. The molecule has 6 aromatic carbocycles. The fourth-order valence-electron chi connectivity index (χ4n) is 5.77. The molecule has 0 fully saturated rings. The molecule has 30 heavy (non-hydrogen) atoms. The average molecular weight is 376 g/mol. The zero-order chi connectivity index (χ0) is 19.4. The molecule has 0 spiro atoms. The second kappa shape index (κ2) is 4.98. The highest BCUT2D eigenvalue weighted by atomic mass is 14.3. The van der Waals surface area contributed by atoms with E-state index in [1.807, 2.05) is 0 Å². The first-order valence-corrected chi connectivity index (χ1v) is 10.5. The molecular weight excluding hydrogens is 360 g/mol. The van der Waals surface area contributed by atoms with E-state index in [2.05, 4.69) is 97.1 Å². The fraction of sp³-hybridized carbons (Fsp3) is 0. The first-order chi connectivity index (χ1) is 14.9. The van der Waals surface area contributed by atoms with Gasteiger partial charge in [-0.1, -0.05) is 72.8 Å². The highest BCUT2D eigenvalue weighted by Crippen LogP contribution is 2.56. The van der Waals surface area contributed by atoms with Crippen LogP contribution in [0.2, 0.25) is 0 Å². The van der Waals surface area contributed by atoms with Crippen LogP contribution < -0.4 is 0 Å². The van der Waals surface area contributed by atoms with Crippen LogP contribution >= 0.6 is 0 Å². The van der Waals surface area contributed by atoms with Crippen molar-refractivity contribution in [3.63, 3.8) is 0 Å². The van der Waals surface area contributed by atoms with Crippen LogP contribution in [-0.4, -0.2) is 0 Å². The lowest BCUT2D eigenvalue weighted by atomic mass is 9.97. The molecular formula is C30H16. The van der Waals surface area contributed by atoms with Crippen LogP contribution in [0.4, 0.5) is 0 Å². The average Bonchev–Trinajstić information content (AvgIpc) is 3.28. The fourth-order valence-corrected chi connectivity index (χ4v) is 5.77. The van der Waals surface area contributed by atoms with E-state index in [1.54, 1.807) is 0 Å². The Bertz CT molecular complexity index is 1480. The molecule has 0 amide bonds. The molecule has 0 unspecified atom stereocenters. The summed E-state index contributed by atoms with van der Waals surface area (Å²) >= 11 is 0. The van der Waals surface area contributed by atoms with Gasteiger partial charge in [0.1, 0.15) is 0 Å². The molecule has 0 bridgehead atoms. The molecule has 136 valence electrons. The van der Waals surface area contributed by atoms with E-state index < -0.39 is 0 Å². The first-order valence-electron chi connectivity index (χ1n) is 10.5. The van der Waals surface area contributed by atoms with E-state index in [9.17, 15) is 0 Å². The molecule has 0 aromatic heterocycles. The number of rotatable bonds is 0. The van der Waals surface area contributed by atoms with Gasteiger partial charge in [0.15, 0.2) is 0 Å². The Kier molecular flexibility index (Phi) is 2.49. The summed E-state index contributed by atoms with van der Waals surface area (Å²) in [5, 5.41) is 8.10. The van der Waals surface area contributed by atoms with E-state index in [0.717, 1.165) is 0 Å². The zero-order valence-electron chi connectivity index (χ0n) is 16.2. The summed E-state index contributed by atoms with van der Waals surface area (Å²) in [6, 6.07) is 36.2. The van der Waals surface area contributed by atoms with Crippen molar-refractivity contribution in [2.75, 3.05) is 0 Å². The second-order valence-electron chi connectivity index (χ2n) is 8.56. The summed E-state index contributed by atoms with van der Waals surface area (Å²) in [5.41, 5.74) is 11.0. The Hall–Kier alpha value is -3.90. The third-order valence-corrected chi connectivity index (χ3v) is 7.09. The normalized spacial score (nSPS) is 12.7. The Morgan fingerprint density at radius 1 is 0.267 bits per heavy atom. The van der Waals surface area contributed by atoms with Gasteiger partial charge >= 0.3 is 0 Å². The van der Waals surface area contributed by atoms with Gasteiger partial charge in [0, 0.05) is 0 Å². The van der Waals surface area contributed by atoms with E-state index in [0.29, 0.717) is 0 Å². The van der Waals surface area contributed by atoms with E-state index >= 15 is 0 Å². The zero-order valence-corrected chi connectivity index (χ0v) is 16.2. The predicted molar refractivity (Wildman–Crippen MR) is 128 cm³/mol. The monoisotopic (exact) mass is 376 g/mol. The molecule has 8 rings (SSSR count). The summed E-state index contributed by atoms with van der Waals surface area (Å²) in [6.45, 7) is 0. The SMILES string of the molecule is c1ccc2cc3c(cc2c1)-c1ccc2c4c(ccc-3c14)-c1cc3ccccc3cc1-2. The van der Waals surface area contributed by atoms with Gasteiger partial charge in [-0.15, -0.1) is 0 Å². The van der Waals surface area contributed by atoms with E-state index in [1.165, 1.54) is 76.8 Å². The molecule has 0 atom stereocenters. The van der Waals surface area contributed by atoms with Gasteiger partial charge in [-0.3, -0.25) is 0 Å². The minimum absolute atomic E-state index is 1.31. The molecule has 0 radical (unpaired) electrons. The molecule has 0 saturated carbocycles. The van der Waals surface area contributed by atoms with E-state index in [-0.39, 0.29) is 0 Å². The molecule has 0 aliphatic heterocycles. The Morgan fingerprint density at radius 2 is 0.533 bits per heavy atom. The summed E-state index contributed by atoms with van der Waals surface area (Å²) in [6.07, 6.45) is 0. The maximum Gasteiger partial charge on any atom is -0.00139 e. The van der Waals surface area contributed by atoms with Crippen LogP contribution in [0.5, 0.6) is 0 Å². The number of hydrogen-bond donors (Lipinski definition) is 0. The van der Waals surface area contributed by atoms with Gasteiger partial charge in [0.2, 0.25) is 0 Å². The van der Waals surface area contributed by atoms with Crippen molar-refractivity contribution in [1.82, 2.24) is 0 Å². The topological polar surface area (TPSA) is 0 Å². The van der Waals surface area contributed by atoms with Crippen LogP contribution in [0.25, 0.3) is 76.8 Å². The lowest BCUT2D eigenvalue weighted by molar-refractivity contribution is 1.71. The van der Waals surface area contributed by atoms with Crippen LogP contribution in [0.15, 0.2) is 97.1 Å². The van der Waals surface area contributed by atoms with Gasteiger partial charge < -0.3 is 0 Å². The lowest BCUT2D eigenvalue weighted by Crippen LogP contribution is -1.80. The molecule has 6 aromatic rings. The Labute approximate surface area is 174 Å². The van der Waals surface area contributed by atoms with Crippen molar-refractivity contribution >= 4 is 32.3 Å². The summed E-state index contributed by atoms with van der Waals surface area (Å²) in [5.74, 6) is 0. The Morgan fingerprint density at radius 3 is 0.800 bits per heavy atom. The maximum absolute atomic E-state index is 2.37. The standard InChI is InChI=1S/C30H16/c1-2-6-18-14-26-22-11-12-24-28-16-20-8-4-3-7-19(20)15-27(28)23-10-9-21(29(22)30(23)24)25(26)13-17(18)5-1/h1-16H. The van der Waals surface area contributed by atoms with E-state index in [4.69, 9.17) is 0 Å². The largest absolute Gasteiger partial charge is 0.0616 e. The van der Waals surface area contributed by atoms with Crippen molar-refractivity contribution in [2.24, 2.45) is 0 Å². The number of hydrogen-bond acceptors (Lipinski definition) is 0. The van der Waals surface area contributed by atoms with Crippen LogP contribution in [-0.2, 0) is 0 Å². The van der Waals surface area contributed by atoms with Crippen LogP contribution in [0, 0.1) is 0 Å². The molecule has 2 aliphatic carbocycles.